The van der Waals surface area contributed by atoms with Crippen LogP contribution in [0, 0.1) is 57.2 Å². The smallest absolute Gasteiger partial charge is 0.135 e. The molecule has 0 aromatic heterocycles. The van der Waals surface area contributed by atoms with E-state index in [1.54, 1.807) is 0 Å². The highest BCUT2D eigenvalue weighted by Crippen LogP contribution is 2.71. The van der Waals surface area contributed by atoms with E-state index < -0.39 is 0 Å². The molecule has 0 N–H and O–H groups in total. The molecule has 0 saturated heterocycles. The molecule has 2 aliphatic carbocycles. The van der Waals surface area contributed by atoms with Gasteiger partial charge in [-0.3, -0.25) is 4.79 Å². The van der Waals surface area contributed by atoms with E-state index in [-0.39, 0.29) is 5.92 Å². The van der Waals surface area contributed by atoms with Gasteiger partial charge in [0.1, 0.15) is 5.78 Å². The Morgan fingerprint density at radius 1 is 0.853 bits per heavy atom. The Morgan fingerprint density at radius 3 is 1.97 bits per heavy atom. The number of ketones is 1. The monoisotopic (exact) mass is 474 g/mol. The minimum absolute atomic E-state index is 0.198. The first kappa shape index (κ1) is 29.9. The average molecular weight is 475 g/mol. The summed E-state index contributed by atoms with van der Waals surface area (Å²) in [6.07, 6.45) is 12.8. The topological polar surface area (TPSA) is 17.1 Å². The van der Waals surface area contributed by atoms with Gasteiger partial charge >= 0.3 is 0 Å². The third kappa shape index (κ3) is 5.64. The van der Waals surface area contributed by atoms with Crippen LogP contribution in [0.25, 0.3) is 0 Å². The summed E-state index contributed by atoms with van der Waals surface area (Å²) in [5.74, 6) is 4.09. The summed E-state index contributed by atoms with van der Waals surface area (Å²) >= 11 is 0. The molecule has 0 bridgehead atoms. The molecule has 7 unspecified atom stereocenters. The summed E-state index contributed by atoms with van der Waals surface area (Å²) in [7, 11) is 0. The molecule has 0 spiro atoms. The third-order valence-corrected chi connectivity index (χ3v) is 12.2. The standard InChI is InChI=1S/C33H62O/c1-13-17-33(12)29-22-30(8,9)18-19-31(29,10)20-21-32(33,11)27(25(6)23(3)4)16-15-24(5)26(7)28(34)14-2/h23-27,29H,13-22H2,1-12H3/t24?,25?,26?,27?,29?,31?,32?,33-/m1/s1. The third-order valence-electron chi connectivity index (χ3n) is 12.2. The summed E-state index contributed by atoms with van der Waals surface area (Å²) in [6, 6.07) is 0. The lowest BCUT2D eigenvalue weighted by Crippen LogP contribution is -2.60. The zero-order valence-electron chi connectivity index (χ0n) is 25.4. The molecular formula is C33H62O. The number of carbonyl (C=O) groups excluding carboxylic acids is 1. The maximum absolute atomic E-state index is 12.4. The summed E-state index contributed by atoms with van der Waals surface area (Å²) in [6.45, 7) is 29.6. The molecule has 2 rings (SSSR count). The van der Waals surface area contributed by atoms with Crippen LogP contribution in [0.4, 0.5) is 0 Å². The number of rotatable bonds is 11. The minimum atomic E-state index is 0.198. The Hall–Kier alpha value is -0.330. The van der Waals surface area contributed by atoms with Gasteiger partial charge in [-0.1, -0.05) is 89.5 Å². The molecule has 0 aromatic rings. The predicted molar refractivity (Wildman–Crippen MR) is 150 cm³/mol. The van der Waals surface area contributed by atoms with Crippen molar-refractivity contribution in [1.82, 2.24) is 0 Å². The van der Waals surface area contributed by atoms with Crippen LogP contribution in [0.5, 0.6) is 0 Å². The van der Waals surface area contributed by atoms with Crippen LogP contribution in [-0.2, 0) is 4.79 Å². The molecule has 1 heteroatoms. The average Bonchev–Trinajstić information content (AvgIpc) is 2.77. The van der Waals surface area contributed by atoms with E-state index in [0.717, 1.165) is 11.8 Å². The van der Waals surface area contributed by atoms with E-state index in [0.29, 0.717) is 51.6 Å². The second kappa shape index (κ2) is 11.0. The predicted octanol–water partition coefficient (Wildman–Crippen LogP) is 10.4. The van der Waals surface area contributed by atoms with Crippen LogP contribution >= 0.6 is 0 Å². The number of hydrogen-bond acceptors (Lipinski definition) is 1. The van der Waals surface area contributed by atoms with Crippen molar-refractivity contribution in [2.24, 2.45) is 57.2 Å². The minimum Gasteiger partial charge on any atom is -0.299 e. The molecule has 0 heterocycles. The van der Waals surface area contributed by atoms with Gasteiger partial charge in [0.15, 0.2) is 0 Å². The first-order valence-corrected chi connectivity index (χ1v) is 15.1. The fourth-order valence-electron chi connectivity index (χ4n) is 8.77. The van der Waals surface area contributed by atoms with Crippen LogP contribution in [0.3, 0.4) is 0 Å². The molecule has 2 saturated carbocycles. The van der Waals surface area contributed by atoms with Crippen molar-refractivity contribution >= 4 is 5.78 Å². The molecule has 0 radical (unpaired) electrons. The largest absolute Gasteiger partial charge is 0.299 e. The van der Waals surface area contributed by atoms with Crippen LogP contribution in [0.15, 0.2) is 0 Å². The second-order valence-electron chi connectivity index (χ2n) is 15.0. The first-order chi connectivity index (χ1) is 15.6. The molecular weight excluding hydrogens is 412 g/mol. The van der Waals surface area contributed by atoms with Gasteiger partial charge in [-0.25, -0.2) is 0 Å². The number of carbonyl (C=O) groups is 1. The van der Waals surface area contributed by atoms with E-state index in [9.17, 15) is 4.79 Å². The molecule has 2 aliphatic rings. The first-order valence-electron chi connectivity index (χ1n) is 15.1. The van der Waals surface area contributed by atoms with Gasteiger partial charge in [-0.05, 0) is 103 Å². The zero-order chi connectivity index (χ0) is 26.1. The van der Waals surface area contributed by atoms with Crippen LogP contribution in [0.2, 0.25) is 0 Å². The highest BCUT2D eigenvalue weighted by Gasteiger charge is 2.62. The lowest BCUT2D eigenvalue weighted by molar-refractivity contribution is -0.186. The van der Waals surface area contributed by atoms with Crippen LogP contribution in [-0.4, -0.2) is 5.78 Å². The van der Waals surface area contributed by atoms with Gasteiger partial charge in [-0.15, -0.1) is 0 Å². The van der Waals surface area contributed by atoms with Gasteiger partial charge in [0.25, 0.3) is 0 Å². The van der Waals surface area contributed by atoms with Crippen molar-refractivity contribution in [2.75, 3.05) is 0 Å². The Bertz CT molecular complexity index is 676. The van der Waals surface area contributed by atoms with E-state index >= 15 is 0 Å². The summed E-state index contributed by atoms with van der Waals surface area (Å²) in [4.78, 5) is 12.4. The van der Waals surface area contributed by atoms with Crippen molar-refractivity contribution in [3.63, 3.8) is 0 Å². The lowest BCUT2D eigenvalue weighted by atomic mass is 9.37. The van der Waals surface area contributed by atoms with Crippen molar-refractivity contribution in [1.29, 1.82) is 0 Å². The molecule has 2 fully saturated rings. The Morgan fingerprint density at radius 2 is 1.44 bits per heavy atom. The van der Waals surface area contributed by atoms with E-state index in [4.69, 9.17) is 0 Å². The van der Waals surface area contributed by atoms with Gasteiger partial charge in [0.2, 0.25) is 0 Å². The molecule has 0 aliphatic heterocycles. The lowest BCUT2D eigenvalue weighted by Gasteiger charge is -2.68. The van der Waals surface area contributed by atoms with Gasteiger partial charge in [-0.2, -0.15) is 0 Å². The number of Topliss-reactive ketones (excluding diaryl/α,β-unsaturated/α-hetero) is 1. The second-order valence-corrected chi connectivity index (χ2v) is 15.0. The Kier molecular flexibility index (Phi) is 9.64. The summed E-state index contributed by atoms with van der Waals surface area (Å²) in [5, 5.41) is 0. The fourth-order valence-corrected chi connectivity index (χ4v) is 8.77. The van der Waals surface area contributed by atoms with E-state index in [2.05, 4.69) is 76.2 Å². The quantitative estimate of drug-likeness (QED) is 0.291. The molecule has 0 amide bonds. The van der Waals surface area contributed by atoms with Gasteiger partial charge in [0, 0.05) is 12.3 Å². The SMILES string of the molecule is CCC[C@]1(C)C2CC(C)(C)CCC2(C)CCC1(C)C(CCC(C)C(C)C(=O)CC)C(C)C(C)C. The van der Waals surface area contributed by atoms with Gasteiger partial charge < -0.3 is 0 Å². The molecule has 0 aromatic carbocycles. The molecule has 1 nitrogen and oxygen atoms in total. The Balaban J connectivity index is 2.47. The van der Waals surface area contributed by atoms with Gasteiger partial charge in [0.05, 0.1) is 0 Å². The van der Waals surface area contributed by atoms with Crippen molar-refractivity contribution in [3.8, 4) is 0 Å². The maximum Gasteiger partial charge on any atom is 0.135 e. The highest BCUT2D eigenvalue weighted by molar-refractivity contribution is 5.80. The van der Waals surface area contributed by atoms with Crippen LogP contribution < -0.4 is 0 Å². The maximum atomic E-state index is 12.4. The summed E-state index contributed by atoms with van der Waals surface area (Å²) < 4.78 is 0. The molecule has 8 atom stereocenters. The number of fused-ring (bicyclic) bond motifs is 1. The molecule has 200 valence electrons. The fraction of sp³-hybridized carbons (Fsp3) is 0.970. The normalized spacial score (nSPS) is 37.0. The zero-order valence-corrected chi connectivity index (χ0v) is 25.4. The van der Waals surface area contributed by atoms with E-state index in [1.807, 2.05) is 6.92 Å². The van der Waals surface area contributed by atoms with Crippen LogP contribution in [0.1, 0.15) is 147 Å². The molecule has 34 heavy (non-hydrogen) atoms. The van der Waals surface area contributed by atoms with E-state index in [1.165, 1.54) is 57.8 Å². The summed E-state index contributed by atoms with van der Waals surface area (Å²) in [5.41, 5.74) is 1.73. The highest BCUT2D eigenvalue weighted by atomic mass is 16.1. The Labute approximate surface area is 215 Å². The van der Waals surface area contributed by atoms with Crippen molar-refractivity contribution < 1.29 is 4.79 Å². The number of hydrogen-bond donors (Lipinski definition) is 0. The van der Waals surface area contributed by atoms with Crippen molar-refractivity contribution in [2.45, 2.75) is 147 Å². The van der Waals surface area contributed by atoms with Crippen molar-refractivity contribution in [3.05, 3.63) is 0 Å².